The van der Waals surface area contributed by atoms with Gasteiger partial charge in [0.2, 0.25) is 5.91 Å². The van der Waals surface area contributed by atoms with Crippen LogP contribution in [0.15, 0.2) is 46.0 Å². The molecular formula is C23H27N3O4. The number of amides is 1. The third-order valence-electron chi connectivity index (χ3n) is 5.36. The van der Waals surface area contributed by atoms with Crippen molar-refractivity contribution in [2.75, 3.05) is 20.3 Å². The van der Waals surface area contributed by atoms with Gasteiger partial charge in [0.1, 0.15) is 6.04 Å². The molecule has 3 aromatic rings. The Balaban J connectivity index is 2.28. The zero-order valence-corrected chi connectivity index (χ0v) is 18.0. The van der Waals surface area contributed by atoms with Crippen molar-refractivity contribution in [3.05, 3.63) is 73.9 Å². The van der Waals surface area contributed by atoms with E-state index in [1.165, 1.54) is 4.57 Å². The van der Waals surface area contributed by atoms with Crippen molar-refractivity contribution in [3.63, 3.8) is 0 Å². The van der Waals surface area contributed by atoms with Crippen LogP contribution in [0.25, 0.3) is 16.6 Å². The van der Waals surface area contributed by atoms with Gasteiger partial charge >= 0.3 is 5.69 Å². The SMILES string of the molecule is COCCNC(=O)[C@H](C)n1c(=O)n(-c2ccc(C)c(C)c2)c(=O)c2cc(C)ccc21. The Hall–Kier alpha value is -3.19. The molecule has 2 aromatic carbocycles. The fraction of sp³-hybridized carbons (Fsp3) is 0.348. The van der Waals surface area contributed by atoms with Crippen molar-refractivity contribution in [1.82, 2.24) is 14.5 Å². The van der Waals surface area contributed by atoms with Gasteiger partial charge in [0.25, 0.3) is 5.56 Å². The third-order valence-corrected chi connectivity index (χ3v) is 5.36. The van der Waals surface area contributed by atoms with Crippen LogP contribution in [-0.4, -0.2) is 35.3 Å². The molecule has 158 valence electrons. The number of carbonyl (C=O) groups is 1. The molecule has 30 heavy (non-hydrogen) atoms. The number of nitrogens with one attached hydrogen (secondary N) is 1. The Kier molecular flexibility index (Phi) is 6.22. The summed E-state index contributed by atoms with van der Waals surface area (Å²) in [5.74, 6) is -0.318. The third kappa shape index (κ3) is 3.93. The number of rotatable bonds is 6. The Morgan fingerprint density at radius 2 is 1.80 bits per heavy atom. The van der Waals surface area contributed by atoms with Crippen molar-refractivity contribution in [1.29, 1.82) is 0 Å². The highest BCUT2D eigenvalue weighted by Gasteiger charge is 2.22. The van der Waals surface area contributed by atoms with E-state index in [4.69, 9.17) is 4.74 Å². The van der Waals surface area contributed by atoms with Crippen LogP contribution in [0.4, 0.5) is 0 Å². The van der Waals surface area contributed by atoms with Crippen molar-refractivity contribution >= 4 is 16.8 Å². The van der Waals surface area contributed by atoms with E-state index < -0.39 is 17.3 Å². The van der Waals surface area contributed by atoms with Gasteiger partial charge in [-0.15, -0.1) is 0 Å². The van der Waals surface area contributed by atoms with Crippen molar-refractivity contribution in [3.8, 4) is 5.69 Å². The Labute approximate surface area is 174 Å². The molecule has 7 heteroatoms. The zero-order valence-electron chi connectivity index (χ0n) is 18.0. The number of methoxy groups -OCH3 is 1. The molecule has 7 nitrogen and oxygen atoms in total. The number of nitrogens with zero attached hydrogens (tertiary/aromatic N) is 2. The molecule has 0 fully saturated rings. The Bertz CT molecular complexity index is 1220. The number of aromatic nitrogens is 2. The molecule has 0 aliphatic rings. The van der Waals surface area contributed by atoms with Crippen LogP contribution >= 0.6 is 0 Å². The van der Waals surface area contributed by atoms with Gasteiger partial charge in [-0.05, 0) is 63.1 Å². The smallest absolute Gasteiger partial charge is 0.336 e. The first-order valence-corrected chi connectivity index (χ1v) is 9.88. The molecule has 1 amide bonds. The maximum Gasteiger partial charge on any atom is 0.336 e. The molecule has 0 bridgehead atoms. The van der Waals surface area contributed by atoms with Gasteiger partial charge in [0.15, 0.2) is 0 Å². The van der Waals surface area contributed by atoms with Crippen molar-refractivity contribution in [2.45, 2.75) is 33.7 Å². The highest BCUT2D eigenvalue weighted by Crippen LogP contribution is 2.18. The molecule has 1 atom stereocenters. The van der Waals surface area contributed by atoms with Crippen LogP contribution in [0.3, 0.4) is 0 Å². The maximum absolute atomic E-state index is 13.5. The minimum Gasteiger partial charge on any atom is -0.383 e. The maximum atomic E-state index is 13.5. The van der Waals surface area contributed by atoms with E-state index in [2.05, 4.69) is 5.32 Å². The lowest BCUT2D eigenvalue weighted by molar-refractivity contribution is -0.124. The predicted octanol–water partition coefficient (Wildman–Crippen LogP) is 2.40. The van der Waals surface area contributed by atoms with Gasteiger partial charge in [-0.1, -0.05) is 17.7 Å². The molecular weight excluding hydrogens is 382 g/mol. The lowest BCUT2D eigenvalue weighted by Crippen LogP contribution is -2.44. The summed E-state index contributed by atoms with van der Waals surface area (Å²) in [5, 5.41) is 3.16. The number of benzene rings is 2. The largest absolute Gasteiger partial charge is 0.383 e. The molecule has 1 N–H and O–H groups in total. The van der Waals surface area contributed by atoms with Crippen LogP contribution in [-0.2, 0) is 9.53 Å². The Morgan fingerprint density at radius 1 is 1.07 bits per heavy atom. The first kappa shape index (κ1) is 21.5. The first-order chi connectivity index (χ1) is 14.3. The van der Waals surface area contributed by atoms with Gasteiger partial charge in [0.05, 0.1) is 23.2 Å². The molecule has 0 saturated heterocycles. The summed E-state index contributed by atoms with van der Waals surface area (Å²) in [6, 6.07) is 9.93. The van der Waals surface area contributed by atoms with E-state index in [0.717, 1.165) is 21.3 Å². The number of ether oxygens (including phenoxy) is 1. The molecule has 3 rings (SSSR count). The highest BCUT2D eigenvalue weighted by molar-refractivity contribution is 5.84. The van der Waals surface area contributed by atoms with Crippen LogP contribution in [0.5, 0.6) is 0 Å². The second-order valence-corrected chi connectivity index (χ2v) is 7.54. The Morgan fingerprint density at radius 3 is 2.47 bits per heavy atom. The average Bonchev–Trinajstić information content (AvgIpc) is 2.71. The van der Waals surface area contributed by atoms with Gasteiger partial charge in [-0.2, -0.15) is 0 Å². The summed E-state index contributed by atoms with van der Waals surface area (Å²) in [6.07, 6.45) is 0. The van der Waals surface area contributed by atoms with E-state index in [-0.39, 0.29) is 5.91 Å². The molecule has 1 aromatic heterocycles. The van der Waals surface area contributed by atoms with Gasteiger partial charge in [-0.25, -0.2) is 9.36 Å². The molecule has 0 unspecified atom stereocenters. The minimum atomic E-state index is -0.807. The topological polar surface area (TPSA) is 82.3 Å². The molecule has 0 saturated carbocycles. The average molecular weight is 409 g/mol. The monoisotopic (exact) mass is 409 g/mol. The van der Waals surface area contributed by atoms with E-state index in [9.17, 15) is 14.4 Å². The summed E-state index contributed by atoms with van der Waals surface area (Å²) in [5.41, 5.74) is 2.91. The summed E-state index contributed by atoms with van der Waals surface area (Å²) in [6.45, 7) is 8.14. The standard InChI is InChI=1S/C23H27N3O4/c1-14-6-9-20-19(12-14)22(28)26(18-8-7-15(2)16(3)13-18)23(29)25(20)17(4)21(27)24-10-11-30-5/h6-9,12-13,17H,10-11H2,1-5H3,(H,24,27)/t17-/m0/s1. The normalized spacial score (nSPS) is 12.2. The number of hydrogen-bond donors (Lipinski definition) is 1. The molecule has 1 heterocycles. The van der Waals surface area contributed by atoms with E-state index >= 15 is 0 Å². The number of carbonyl (C=O) groups excluding carboxylic acids is 1. The molecule has 0 spiro atoms. The lowest BCUT2D eigenvalue weighted by Gasteiger charge is -2.20. The number of aryl methyl sites for hydroxylation is 3. The van der Waals surface area contributed by atoms with Crippen molar-refractivity contribution in [2.24, 2.45) is 0 Å². The zero-order chi connectivity index (χ0) is 22.0. The number of hydrogen-bond acceptors (Lipinski definition) is 4. The van der Waals surface area contributed by atoms with Crippen LogP contribution in [0.2, 0.25) is 0 Å². The van der Waals surface area contributed by atoms with Crippen molar-refractivity contribution < 1.29 is 9.53 Å². The lowest BCUT2D eigenvalue weighted by atomic mass is 10.1. The highest BCUT2D eigenvalue weighted by atomic mass is 16.5. The summed E-state index contributed by atoms with van der Waals surface area (Å²) >= 11 is 0. The van der Waals surface area contributed by atoms with Crippen LogP contribution in [0, 0.1) is 20.8 Å². The van der Waals surface area contributed by atoms with E-state index in [0.29, 0.717) is 29.7 Å². The fourth-order valence-electron chi connectivity index (χ4n) is 3.46. The molecule has 0 aliphatic heterocycles. The summed E-state index contributed by atoms with van der Waals surface area (Å²) in [4.78, 5) is 39.5. The predicted molar refractivity (Wildman–Crippen MR) is 118 cm³/mol. The molecule has 0 aliphatic carbocycles. The number of fused-ring (bicyclic) bond motifs is 1. The van der Waals surface area contributed by atoms with Crippen LogP contribution in [0.1, 0.15) is 29.7 Å². The molecule has 0 radical (unpaired) electrons. The van der Waals surface area contributed by atoms with Gasteiger partial charge in [0, 0.05) is 13.7 Å². The fourth-order valence-corrected chi connectivity index (χ4v) is 3.46. The minimum absolute atomic E-state index is 0.318. The van der Waals surface area contributed by atoms with E-state index in [1.807, 2.05) is 39.0 Å². The second-order valence-electron chi connectivity index (χ2n) is 7.54. The first-order valence-electron chi connectivity index (χ1n) is 9.88. The van der Waals surface area contributed by atoms with Gasteiger partial charge in [-0.3, -0.25) is 14.2 Å². The van der Waals surface area contributed by atoms with E-state index in [1.54, 1.807) is 32.2 Å². The van der Waals surface area contributed by atoms with Gasteiger partial charge < -0.3 is 10.1 Å². The second kappa shape index (κ2) is 8.67. The summed E-state index contributed by atoms with van der Waals surface area (Å²) < 4.78 is 7.50. The quantitative estimate of drug-likeness (QED) is 0.634. The summed E-state index contributed by atoms with van der Waals surface area (Å²) in [7, 11) is 1.55. The van der Waals surface area contributed by atoms with Crippen LogP contribution < -0.4 is 16.6 Å².